The van der Waals surface area contributed by atoms with Gasteiger partial charge in [-0.3, -0.25) is 24.5 Å². The molecule has 0 saturated heterocycles. The fourth-order valence-electron chi connectivity index (χ4n) is 1.23. The molecule has 0 aliphatic heterocycles. The number of hydrogen-bond acceptors (Lipinski definition) is 5. The van der Waals surface area contributed by atoms with E-state index in [0.717, 1.165) is 13.0 Å². The van der Waals surface area contributed by atoms with Gasteiger partial charge in [0.1, 0.15) is 5.56 Å². The van der Waals surface area contributed by atoms with Crippen LogP contribution in [0, 0.1) is 10.1 Å². The van der Waals surface area contributed by atoms with Crippen LogP contribution in [0.5, 0.6) is 0 Å². The fourth-order valence-corrected chi connectivity index (χ4v) is 1.32. The topological polar surface area (TPSA) is 106 Å². The van der Waals surface area contributed by atoms with Crippen LogP contribution in [0.4, 0.5) is 5.69 Å². The van der Waals surface area contributed by atoms with Gasteiger partial charge in [0.25, 0.3) is 17.9 Å². The maximum atomic E-state index is 11.8. The van der Waals surface area contributed by atoms with Crippen molar-refractivity contribution in [2.24, 2.45) is 0 Å². The van der Waals surface area contributed by atoms with Crippen LogP contribution in [0.3, 0.4) is 0 Å². The number of benzene rings is 1. The Balaban J connectivity index is 3.12. The minimum absolute atomic E-state index is 0.311. The van der Waals surface area contributed by atoms with Crippen molar-refractivity contribution in [3.63, 3.8) is 0 Å². The lowest BCUT2D eigenvalue weighted by atomic mass is 10.1. The molecule has 1 radical (unpaired) electrons. The van der Waals surface area contributed by atoms with Crippen LogP contribution in [-0.2, 0) is 9.59 Å². The molecule has 0 aromatic heterocycles. The summed E-state index contributed by atoms with van der Waals surface area (Å²) in [7, 11) is 0. The summed E-state index contributed by atoms with van der Waals surface area (Å²) in [5, 5.41) is 12.6. The van der Waals surface area contributed by atoms with Crippen molar-refractivity contribution in [2.75, 3.05) is 0 Å². The van der Waals surface area contributed by atoms with E-state index in [2.05, 4.69) is 0 Å². The number of Topliss-reactive ketones (excluding diaryl/α,β-unsaturated/α-hetero) is 1. The van der Waals surface area contributed by atoms with Gasteiger partial charge < -0.3 is 5.32 Å². The van der Waals surface area contributed by atoms with Crippen LogP contribution in [0.15, 0.2) is 24.3 Å². The van der Waals surface area contributed by atoms with Gasteiger partial charge in [-0.15, -0.1) is 0 Å². The van der Waals surface area contributed by atoms with Gasteiger partial charge in [0.05, 0.1) is 4.92 Å². The van der Waals surface area contributed by atoms with Gasteiger partial charge in [0.2, 0.25) is 5.00 Å². The Labute approximate surface area is 112 Å². The first-order valence-corrected chi connectivity index (χ1v) is 5.35. The molecule has 0 fully saturated rings. The first-order chi connectivity index (χ1) is 8.81. The molecule has 99 valence electrons. The van der Waals surface area contributed by atoms with Crippen LogP contribution < -0.4 is 5.32 Å². The van der Waals surface area contributed by atoms with E-state index in [4.69, 9.17) is 11.6 Å². The molecule has 1 unspecified atom stereocenters. The Morgan fingerprint density at radius 2 is 2.00 bits per heavy atom. The van der Waals surface area contributed by atoms with E-state index in [1.165, 1.54) is 24.5 Å². The minimum Gasteiger partial charge on any atom is -0.320 e. The Morgan fingerprint density at radius 3 is 2.47 bits per heavy atom. The number of amides is 1. The van der Waals surface area contributed by atoms with Crippen molar-refractivity contribution < 1.29 is 19.3 Å². The summed E-state index contributed by atoms with van der Waals surface area (Å²) in [5.74, 6) is -1.86. The highest BCUT2D eigenvalue weighted by atomic mass is 35.5. The van der Waals surface area contributed by atoms with Gasteiger partial charge >= 0.3 is 0 Å². The quantitative estimate of drug-likeness (QED) is 0.285. The van der Waals surface area contributed by atoms with Crippen molar-refractivity contribution in [3.8, 4) is 0 Å². The molecule has 0 aliphatic rings. The third kappa shape index (κ3) is 3.14. The Kier molecular flexibility index (Phi) is 4.34. The van der Waals surface area contributed by atoms with Gasteiger partial charge in [-0.05, 0) is 13.0 Å². The molecule has 1 aromatic carbocycles. The zero-order valence-corrected chi connectivity index (χ0v) is 10.4. The number of nitro groups is 1. The van der Waals surface area contributed by atoms with E-state index in [9.17, 15) is 24.5 Å². The molecule has 0 aliphatic carbocycles. The number of hydrogen-bond donors (Lipinski definition) is 1. The standard InChI is InChI=1S/C11H8ClN2O5/c1-7(16)11(12,6-15)13-10(17)8-4-2-3-5-9(8)14(18)19/h2-5H,1H3,(H,13,17). The van der Waals surface area contributed by atoms with Crippen LogP contribution >= 0.6 is 11.6 Å². The molecule has 1 amide bonds. The summed E-state index contributed by atoms with van der Waals surface area (Å²) >= 11 is 5.56. The van der Waals surface area contributed by atoms with Crippen molar-refractivity contribution >= 4 is 35.3 Å². The molecule has 7 nitrogen and oxygen atoms in total. The van der Waals surface area contributed by atoms with E-state index in [1.807, 2.05) is 5.32 Å². The zero-order chi connectivity index (χ0) is 14.6. The third-order valence-electron chi connectivity index (χ3n) is 2.26. The summed E-state index contributed by atoms with van der Waals surface area (Å²) in [6, 6.07) is 5.06. The van der Waals surface area contributed by atoms with Crippen molar-refractivity contribution in [2.45, 2.75) is 11.9 Å². The molecule has 8 heteroatoms. The van der Waals surface area contributed by atoms with Crippen molar-refractivity contribution in [1.82, 2.24) is 5.32 Å². The third-order valence-corrected chi connectivity index (χ3v) is 2.69. The van der Waals surface area contributed by atoms with E-state index in [1.54, 1.807) is 0 Å². The van der Waals surface area contributed by atoms with E-state index in [-0.39, 0.29) is 5.56 Å². The van der Waals surface area contributed by atoms with Gasteiger partial charge in [-0.1, -0.05) is 23.7 Å². The summed E-state index contributed by atoms with van der Waals surface area (Å²) in [6.07, 6.45) is 1.19. The predicted octanol–water partition coefficient (Wildman–Crippen LogP) is 0.958. The van der Waals surface area contributed by atoms with E-state index >= 15 is 0 Å². The molecule has 19 heavy (non-hydrogen) atoms. The number of alkyl halides is 1. The van der Waals surface area contributed by atoms with Crippen LogP contribution in [-0.4, -0.2) is 27.9 Å². The Morgan fingerprint density at radius 1 is 1.42 bits per heavy atom. The molecule has 0 heterocycles. The van der Waals surface area contributed by atoms with Gasteiger partial charge in [-0.2, -0.15) is 0 Å². The molecule has 0 spiro atoms. The number of ketones is 1. The lowest BCUT2D eigenvalue weighted by molar-refractivity contribution is -0.385. The lowest BCUT2D eigenvalue weighted by Gasteiger charge is -2.17. The highest BCUT2D eigenvalue weighted by Crippen LogP contribution is 2.19. The number of carbonyl (C=O) groups is 2. The van der Waals surface area contributed by atoms with Gasteiger partial charge in [0.15, 0.2) is 5.78 Å². The molecule has 1 rings (SSSR count). The monoisotopic (exact) mass is 283 g/mol. The fraction of sp³-hybridized carbons (Fsp3) is 0.182. The normalized spacial score (nSPS) is 13.2. The smallest absolute Gasteiger partial charge is 0.282 e. The average Bonchev–Trinajstić information content (AvgIpc) is 2.38. The molecule has 1 aromatic rings. The van der Waals surface area contributed by atoms with Gasteiger partial charge in [-0.25, -0.2) is 0 Å². The first kappa shape index (κ1) is 14.8. The van der Waals surface area contributed by atoms with E-state index < -0.39 is 27.3 Å². The van der Waals surface area contributed by atoms with Crippen LogP contribution in [0.2, 0.25) is 0 Å². The molecule has 1 N–H and O–H groups in total. The molecular formula is C11H8ClN2O5. The lowest BCUT2D eigenvalue weighted by Crippen LogP contribution is -2.50. The molecule has 0 saturated carbocycles. The SMILES string of the molecule is CC(=O)C(Cl)([C]=O)NC(=O)c1ccccc1[N+](=O)[O-]. The Hall–Kier alpha value is -2.28. The second kappa shape index (κ2) is 5.57. The summed E-state index contributed by atoms with van der Waals surface area (Å²) in [6.45, 7) is 0.984. The molecule has 1 atom stereocenters. The highest BCUT2D eigenvalue weighted by molar-refractivity contribution is 6.44. The second-order valence-electron chi connectivity index (χ2n) is 3.55. The predicted molar refractivity (Wildman–Crippen MR) is 65.5 cm³/mol. The number of carbonyl (C=O) groups excluding carboxylic acids is 3. The number of rotatable bonds is 5. The zero-order valence-electron chi connectivity index (χ0n) is 9.68. The number of para-hydroxylation sites is 1. The molecular weight excluding hydrogens is 276 g/mol. The summed E-state index contributed by atoms with van der Waals surface area (Å²) in [5.41, 5.74) is -0.775. The Bertz CT molecular complexity index is 560. The maximum absolute atomic E-state index is 11.8. The largest absolute Gasteiger partial charge is 0.320 e. The van der Waals surface area contributed by atoms with E-state index in [0.29, 0.717) is 0 Å². The number of nitro benzene ring substituents is 1. The van der Waals surface area contributed by atoms with Crippen molar-refractivity contribution in [1.29, 1.82) is 0 Å². The number of halogens is 1. The minimum atomic E-state index is -2.35. The van der Waals surface area contributed by atoms with Crippen LogP contribution in [0.25, 0.3) is 0 Å². The average molecular weight is 284 g/mol. The van der Waals surface area contributed by atoms with Gasteiger partial charge in [0, 0.05) is 6.07 Å². The number of nitrogens with zero attached hydrogens (tertiary/aromatic N) is 1. The molecule has 0 bridgehead atoms. The summed E-state index contributed by atoms with van der Waals surface area (Å²) in [4.78, 5) is 41.2. The first-order valence-electron chi connectivity index (χ1n) is 4.97. The summed E-state index contributed by atoms with van der Waals surface area (Å²) < 4.78 is 0. The second-order valence-corrected chi connectivity index (χ2v) is 4.11. The van der Waals surface area contributed by atoms with Crippen molar-refractivity contribution in [3.05, 3.63) is 39.9 Å². The maximum Gasteiger partial charge on any atom is 0.282 e. The highest BCUT2D eigenvalue weighted by Gasteiger charge is 2.37. The van der Waals surface area contributed by atoms with Crippen LogP contribution in [0.1, 0.15) is 17.3 Å². The number of nitrogens with one attached hydrogen (secondary N) is 1.